The molecule has 0 fully saturated rings. The van der Waals surface area contributed by atoms with E-state index >= 15 is 0 Å². The third-order valence-electron chi connectivity index (χ3n) is 3.27. The first-order valence-electron chi connectivity index (χ1n) is 6.79. The first-order chi connectivity index (χ1) is 9.58. The summed E-state index contributed by atoms with van der Waals surface area (Å²) >= 11 is 0. The summed E-state index contributed by atoms with van der Waals surface area (Å²) in [6.07, 6.45) is 1.54. The Morgan fingerprint density at radius 1 is 1.38 bits per heavy atom. The van der Waals surface area contributed by atoms with Gasteiger partial charge in [-0.2, -0.15) is 5.10 Å². The lowest BCUT2D eigenvalue weighted by atomic mass is 10.3. The fourth-order valence-electron chi connectivity index (χ4n) is 1.64. The van der Waals surface area contributed by atoms with Gasteiger partial charge in [0.1, 0.15) is 0 Å². The fourth-order valence-corrected chi connectivity index (χ4v) is 2.66. The van der Waals surface area contributed by atoms with E-state index in [2.05, 4.69) is 5.10 Å². The zero-order chi connectivity index (χ0) is 16.3. The molecule has 1 rings (SSSR count). The second kappa shape index (κ2) is 6.57. The summed E-state index contributed by atoms with van der Waals surface area (Å²) in [6.45, 7) is 6.07. The number of rotatable bonds is 6. The largest absolute Gasteiger partial charge is 0.372 e. The zero-order valence-corrected chi connectivity index (χ0v) is 13.9. The highest BCUT2D eigenvalue weighted by Gasteiger charge is 2.28. The second-order valence-electron chi connectivity index (χ2n) is 5.92. The minimum Gasteiger partial charge on any atom is -0.372 e. The van der Waals surface area contributed by atoms with Gasteiger partial charge in [-0.3, -0.25) is 4.79 Å². The smallest absolute Gasteiger partial charge is 0.268 e. The summed E-state index contributed by atoms with van der Waals surface area (Å²) < 4.78 is 24.4. The molecule has 0 saturated heterocycles. The Morgan fingerprint density at radius 3 is 2.48 bits per heavy atom. The molecule has 0 aliphatic carbocycles. The van der Waals surface area contributed by atoms with Crippen LogP contribution >= 0.6 is 0 Å². The quantitative estimate of drug-likeness (QED) is 0.784. The molecule has 0 amide bonds. The number of nitrogens with zero attached hydrogens (tertiary/aromatic N) is 3. The van der Waals surface area contributed by atoms with Crippen molar-refractivity contribution in [2.24, 2.45) is 5.73 Å². The Hall–Kier alpha value is -1.41. The lowest BCUT2D eigenvalue weighted by Gasteiger charge is -2.20. The Morgan fingerprint density at radius 2 is 2.00 bits per heavy atom. The molecule has 0 saturated carbocycles. The molecule has 0 bridgehead atoms. The molecule has 0 aliphatic rings. The lowest BCUT2D eigenvalue weighted by Crippen LogP contribution is -2.35. The normalized spacial score (nSPS) is 12.4. The van der Waals surface area contributed by atoms with E-state index in [1.165, 1.54) is 10.7 Å². The number of likely N-dealkylation sites (N-methyl/N-ethyl adjacent to an activating group) is 1. The Balaban J connectivity index is 2.86. The van der Waals surface area contributed by atoms with Gasteiger partial charge in [-0.15, -0.1) is 0 Å². The highest BCUT2D eigenvalue weighted by Crippen LogP contribution is 2.16. The minimum atomic E-state index is -3.27. The van der Waals surface area contributed by atoms with Crippen molar-refractivity contribution >= 4 is 15.5 Å². The van der Waals surface area contributed by atoms with Gasteiger partial charge in [0.25, 0.3) is 5.56 Å². The Kier molecular flexibility index (Phi) is 5.52. The summed E-state index contributed by atoms with van der Waals surface area (Å²) in [6, 6.07) is 1.44. The monoisotopic (exact) mass is 316 g/mol. The van der Waals surface area contributed by atoms with Gasteiger partial charge < -0.3 is 10.6 Å². The van der Waals surface area contributed by atoms with Crippen molar-refractivity contribution in [3.63, 3.8) is 0 Å². The molecule has 0 aliphatic heterocycles. The molecule has 1 aromatic heterocycles. The standard InChI is InChI=1S/C13H24N4O3S/c1-13(2,3)21(19,20)8-7-17-12(18)9-11(10-15-17)16(4)6-5-14/h9-10H,5-8,14H2,1-4H3. The second-order valence-corrected chi connectivity index (χ2v) is 8.78. The van der Waals surface area contributed by atoms with Crippen LogP contribution < -0.4 is 16.2 Å². The van der Waals surface area contributed by atoms with Crippen LogP contribution in [0.1, 0.15) is 20.8 Å². The summed E-state index contributed by atoms with van der Waals surface area (Å²) in [5.74, 6) is -0.110. The van der Waals surface area contributed by atoms with Crippen molar-refractivity contribution in [2.75, 3.05) is 30.8 Å². The molecule has 0 aromatic carbocycles. The average molecular weight is 316 g/mol. The van der Waals surface area contributed by atoms with Crippen LogP contribution in [0.3, 0.4) is 0 Å². The number of nitrogens with two attached hydrogens (primary N) is 1. The molecule has 0 unspecified atom stereocenters. The molecular formula is C13H24N4O3S. The van der Waals surface area contributed by atoms with Gasteiger partial charge in [-0.05, 0) is 20.8 Å². The van der Waals surface area contributed by atoms with Crippen molar-refractivity contribution in [3.8, 4) is 0 Å². The fraction of sp³-hybridized carbons (Fsp3) is 0.692. The van der Waals surface area contributed by atoms with Gasteiger partial charge in [-0.1, -0.05) is 0 Å². The summed E-state index contributed by atoms with van der Waals surface area (Å²) in [5.41, 5.74) is 5.81. The van der Waals surface area contributed by atoms with Crippen LogP contribution in [0.25, 0.3) is 0 Å². The first kappa shape index (κ1) is 17.6. The molecule has 120 valence electrons. The third-order valence-corrected chi connectivity index (χ3v) is 5.85. The molecular weight excluding hydrogens is 292 g/mol. The molecule has 1 aromatic rings. The first-order valence-corrected chi connectivity index (χ1v) is 8.44. The molecule has 8 heteroatoms. The van der Waals surface area contributed by atoms with Gasteiger partial charge in [0.05, 0.1) is 28.9 Å². The van der Waals surface area contributed by atoms with E-state index in [1.807, 2.05) is 11.9 Å². The van der Waals surface area contributed by atoms with Gasteiger partial charge in [0, 0.05) is 26.2 Å². The van der Waals surface area contributed by atoms with Crippen molar-refractivity contribution in [1.29, 1.82) is 0 Å². The SMILES string of the molecule is CN(CCN)c1cnn(CCS(=O)(=O)C(C)(C)C)c(=O)c1. The van der Waals surface area contributed by atoms with Crippen molar-refractivity contribution in [2.45, 2.75) is 32.1 Å². The van der Waals surface area contributed by atoms with E-state index in [9.17, 15) is 13.2 Å². The van der Waals surface area contributed by atoms with E-state index in [1.54, 1.807) is 27.0 Å². The number of hydrogen-bond donors (Lipinski definition) is 1. The summed E-state index contributed by atoms with van der Waals surface area (Å²) in [4.78, 5) is 13.8. The van der Waals surface area contributed by atoms with E-state index < -0.39 is 14.6 Å². The van der Waals surface area contributed by atoms with Crippen LogP contribution in [-0.4, -0.2) is 48.8 Å². The minimum absolute atomic E-state index is 0.0549. The highest BCUT2D eigenvalue weighted by molar-refractivity contribution is 7.92. The molecule has 0 atom stereocenters. The van der Waals surface area contributed by atoms with Crippen LogP contribution in [0.5, 0.6) is 0 Å². The number of hydrogen-bond acceptors (Lipinski definition) is 6. The number of aromatic nitrogens is 2. The maximum Gasteiger partial charge on any atom is 0.268 e. The van der Waals surface area contributed by atoms with Crippen LogP contribution in [0.15, 0.2) is 17.1 Å². The van der Waals surface area contributed by atoms with Gasteiger partial charge in [0.2, 0.25) is 0 Å². The molecule has 21 heavy (non-hydrogen) atoms. The average Bonchev–Trinajstić information content (AvgIpc) is 2.36. The number of sulfone groups is 1. The Bertz CT molecular complexity index is 632. The number of anilines is 1. The zero-order valence-electron chi connectivity index (χ0n) is 13.0. The van der Waals surface area contributed by atoms with Gasteiger partial charge >= 0.3 is 0 Å². The van der Waals surface area contributed by atoms with Crippen molar-refractivity contribution < 1.29 is 8.42 Å². The molecule has 1 heterocycles. The predicted octanol–water partition coefficient (Wildman–Crippen LogP) is -0.148. The maximum absolute atomic E-state index is 12.0. The van der Waals surface area contributed by atoms with Crippen LogP contribution in [0, 0.1) is 0 Å². The van der Waals surface area contributed by atoms with Crippen LogP contribution in [-0.2, 0) is 16.4 Å². The lowest BCUT2D eigenvalue weighted by molar-refractivity contribution is 0.542. The summed E-state index contributed by atoms with van der Waals surface area (Å²) in [7, 11) is -1.46. The van der Waals surface area contributed by atoms with E-state index in [4.69, 9.17) is 5.73 Å². The van der Waals surface area contributed by atoms with Gasteiger partial charge in [0.15, 0.2) is 9.84 Å². The maximum atomic E-state index is 12.0. The Labute approximate surface area is 125 Å². The van der Waals surface area contributed by atoms with Crippen LogP contribution in [0.4, 0.5) is 5.69 Å². The van der Waals surface area contributed by atoms with Gasteiger partial charge in [-0.25, -0.2) is 13.1 Å². The predicted molar refractivity (Wildman–Crippen MR) is 84.4 cm³/mol. The summed E-state index contributed by atoms with van der Waals surface area (Å²) in [5, 5.41) is 4.02. The van der Waals surface area contributed by atoms with Crippen molar-refractivity contribution in [3.05, 3.63) is 22.6 Å². The third kappa shape index (κ3) is 4.53. The molecule has 0 spiro atoms. The van der Waals surface area contributed by atoms with Crippen LogP contribution in [0.2, 0.25) is 0 Å². The highest BCUT2D eigenvalue weighted by atomic mass is 32.2. The number of aryl methyl sites for hydroxylation is 1. The topological polar surface area (TPSA) is 98.3 Å². The molecule has 7 nitrogen and oxygen atoms in total. The van der Waals surface area contributed by atoms with Crippen molar-refractivity contribution in [1.82, 2.24) is 9.78 Å². The molecule has 0 radical (unpaired) electrons. The molecule has 2 N–H and O–H groups in total. The van der Waals surface area contributed by atoms with E-state index in [0.717, 1.165) is 0 Å². The van der Waals surface area contributed by atoms with E-state index in [-0.39, 0.29) is 17.9 Å². The van der Waals surface area contributed by atoms with E-state index in [0.29, 0.717) is 18.8 Å².